The molecule has 1 amide bonds. The van der Waals surface area contributed by atoms with E-state index >= 15 is 0 Å². The standard InChI is InChI=1S/C16H20N2O/c1-12-9-13(5-4-8-17)11-15(10-12)18-16(19)14-6-2-3-7-14/h9-11,14H,2-3,6-8,17H2,1H3,(H,18,19). The first-order valence-electron chi connectivity index (χ1n) is 6.80. The van der Waals surface area contributed by atoms with Crippen LogP contribution in [-0.2, 0) is 4.79 Å². The lowest BCUT2D eigenvalue weighted by molar-refractivity contribution is -0.119. The molecule has 0 aromatic heterocycles. The number of hydrogen-bond acceptors (Lipinski definition) is 2. The molecule has 0 heterocycles. The van der Waals surface area contributed by atoms with Gasteiger partial charge in [-0.05, 0) is 43.5 Å². The summed E-state index contributed by atoms with van der Waals surface area (Å²) in [7, 11) is 0. The second-order valence-electron chi connectivity index (χ2n) is 5.06. The predicted molar refractivity (Wildman–Crippen MR) is 77.7 cm³/mol. The van der Waals surface area contributed by atoms with E-state index in [2.05, 4.69) is 17.2 Å². The third-order valence-corrected chi connectivity index (χ3v) is 3.41. The Morgan fingerprint density at radius 2 is 2.11 bits per heavy atom. The first-order valence-corrected chi connectivity index (χ1v) is 6.80. The molecule has 0 saturated heterocycles. The quantitative estimate of drug-likeness (QED) is 0.798. The lowest BCUT2D eigenvalue weighted by Crippen LogP contribution is -2.20. The number of anilines is 1. The van der Waals surface area contributed by atoms with E-state index in [0.717, 1.165) is 29.7 Å². The van der Waals surface area contributed by atoms with Crippen LogP contribution in [0.15, 0.2) is 18.2 Å². The summed E-state index contributed by atoms with van der Waals surface area (Å²) in [5, 5.41) is 3.00. The maximum Gasteiger partial charge on any atom is 0.227 e. The van der Waals surface area contributed by atoms with Crippen LogP contribution in [-0.4, -0.2) is 12.5 Å². The molecule has 3 N–H and O–H groups in total. The maximum absolute atomic E-state index is 12.1. The molecular weight excluding hydrogens is 236 g/mol. The molecule has 0 aliphatic heterocycles. The molecule has 100 valence electrons. The lowest BCUT2D eigenvalue weighted by atomic mass is 10.1. The third kappa shape index (κ3) is 3.84. The van der Waals surface area contributed by atoms with Crippen molar-refractivity contribution in [3.8, 4) is 11.8 Å². The number of aryl methyl sites for hydroxylation is 1. The predicted octanol–water partition coefficient (Wildman–Crippen LogP) is 2.43. The Labute approximate surface area is 114 Å². The SMILES string of the molecule is Cc1cc(C#CCN)cc(NC(=O)C2CCCC2)c1. The number of carbonyl (C=O) groups excluding carboxylic acids is 1. The maximum atomic E-state index is 12.1. The molecule has 3 nitrogen and oxygen atoms in total. The van der Waals surface area contributed by atoms with Gasteiger partial charge < -0.3 is 11.1 Å². The Hall–Kier alpha value is -1.79. The molecule has 19 heavy (non-hydrogen) atoms. The molecule has 1 saturated carbocycles. The number of benzene rings is 1. The van der Waals surface area contributed by atoms with Crippen molar-refractivity contribution in [1.82, 2.24) is 0 Å². The molecule has 0 radical (unpaired) electrons. The number of carbonyl (C=O) groups is 1. The minimum Gasteiger partial charge on any atom is -0.326 e. The Morgan fingerprint density at radius 3 is 2.79 bits per heavy atom. The first-order chi connectivity index (χ1) is 9.19. The summed E-state index contributed by atoms with van der Waals surface area (Å²) in [6, 6.07) is 5.87. The van der Waals surface area contributed by atoms with Crippen LogP contribution in [0, 0.1) is 24.7 Å². The van der Waals surface area contributed by atoms with Crippen LogP contribution in [0.25, 0.3) is 0 Å². The molecular formula is C16H20N2O. The van der Waals surface area contributed by atoms with Crippen molar-refractivity contribution in [3.05, 3.63) is 29.3 Å². The highest BCUT2D eigenvalue weighted by Gasteiger charge is 2.22. The fraction of sp³-hybridized carbons (Fsp3) is 0.438. The Morgan fingerprint density at radius 1 is 1.37 bits per heavy atom. The van der Waals surface area contributed by atoms with Crippen molar-refractivity contribution < 1.29 is 4.79 Å². The molecule has 0 atom stereocenters. The number of rotatable bonds is 2. The molecule has 3 heteroatoms. The van der Waals surface area contributed by atoms with Gasteiger partial charge in [-0.1, -0.05) is 24.7 Å². The molecule has 1 aliphatic rings. The normalized spacial score (nSPS) is 14.8. The largest absolute Gasteiger partial charge is 0.326 e. The molecule has 2 rings (SSSR count). The van der Waals surface area contributed by atoms with Crippen LogP contribution in [0.4, 0.5) is 5.69 Å². The van der Waals surface area contributed by atoms with Crippen LogP contribution >= 0.6 is 0 Å². The summed E-state index contributed by atoms with van der Waals surface area (Å²) in [5.74, 6) is 6.15. The molecule has 1 fully saturated rings. The van der Waals surface area contributed by atoms with E-state index < -0.39 is 0 Å². The van der Waals surface area contributed by atoms with Crippen LogP contribution < -0.4 is 11.1 Å². The first kappa shape index (κ1) is 13.6. The van der Waals surface area contributed by atoms with Gasteiger partial charge >= 0.3 is 0 Å². The molecule has 1 aromatic rings. The van der Waals surface area contributed by atoms with Gasteiger partial charge in [-0.15, -0.1) is 0 Å². The van der Waals surface area contributed by atoms with Crippen LogP contribution in [0.1, 0.15) is 36.8 Å². The van der Waals surface area contributed by atoms with Crippen LogP contribution in [0.2, 0.25) is 0 Å². The number of nitrogens with two attached hydrogens (primary N) is 1. The van der Waals surface area contributed by atoms with Crippen molar-refractivity contribution in [2.75, 3.05) is 11.9 Å². The van der Waals surface area contributed by atoms with E-state index in [0.29, 0.717) is 6.54 Å². The summed E-state index contributed by atoms with van der Waals surface area (Å²) < 4.78 is 0. The summed E-state index contributed by atoms with van der Waals surface area (Å²) in [4.78, 5) is 12.1. The smallest absolute Gasteiger partial charge is 0.227 e. The highest BCUT2D eigenvalue weighted by molar-refractivity contribution is 5.93. The fourth-order valence-corrected chi connectivity index (χ4v) is 2.51. The van der Waals surface area contributed by atoms with Gasteiger partial charge in [0.1, 0.15) is 0 Å². The molecule has 1 aromatic carbocycles. The van der Waals surface area contributed by atoms with Gasteiger partial charge in [0.05, 0.1) is 6.54 Å². The van der Waals surface area contributed by atoms with Gasteiger partial charge in [-0.2, -0.15) is 0 Å². The molecule has 1 aliphatic carbocycles. The highest BCUT2D eigenvalue weighted by Crippen LogP contribution is 2.26. The van der Waals surface area contributed by atoms with Crippen molar-refractivity contribution in [3.63, 3.8) is 0 Å². The number of hydrogen-bond donors (Lipinski definition) is 2. The average Bonchev–Trinajstić information content (AvgIpc) is 2.89. The zero-order valence-corrected chi connectivity index (χ0v) is 11.3. The minimum absolute atomic E-state index is 0.140. The summed E-state index contributed by atoms with van der Waals surface area (Å²) in [5.41, 5.74) is 8.19. The summed E-state index contributed by atoms with van der Waals surface area (Å²) in [6.45, 7) is 2.34. The zero-order valence-electron chi connectivity index (χ0n) is 11.3. The second-order valence-corrected chi connectivity index (χ2v) is 5.06. The second kappa shape index (κ2) is 6.40. The van der Waals surface area contributed by atoms with E-state index in [1.54, 1.807) is 0 Å². The monoisotopic (exact) mass is 256 g/mol. The van der Waals surface area contributed by atoms with Crippen molar-refractivity contribution in [2.24, 2.45) is 11.7 Å². The van der Waals surface area contributed by atoms with Gasteiger partial charge in [0.2, 0.25) is 5.91 Å². The van der Waals surface area contributed by atoms with Gasteiger partial charge in [-0.25, -0.2) is 0 Å². The highest BCUT2D eigenvalue weighted by atomic mass is 16.1. The zero-order chi connectivity index (χ0) is 13.7. The lowest BCUT2D eigenvalue weighted by Gasteiger charge is -2.11. The van der Waals surface area contributed by atoms with Crippen LogP contribution in [0.3, 0.4) is 0 Å². The van der Waals surface area contributed by atoms with Gasteiger partial charge in [0.25, 0.3) is 0 Å². The summed E-state index contributed by atoms with van der Waals surface area (Å²) >= 11 is 0. The third-order valence-electron chi connectivity index (χ3n) is 3.41. The van der Waals surface area contributed by atoms with Gasteiger partial charge in [0.15, 0.2) is 0 Å². The number of amides is 1. The van der Waals surface area contributed by atoms with E-state index in [1.165, 1.54) is 12.8 Å². The van der Waals surface area contributed by atoms with E-state index in [-0.39, 0.29) is 11.8 Å². The molecule has 0 unspecified atom stereocenters. The van der Waals surface area contributed by atoms with Gasteiger partial charge in [0, 0.05) is 17.2 Å². The van der Waals surface area contributed by atoms with E-state index in [1.807, 2.05) is 25.1 Å². The Kier molecular flexibility index (Phi) is 4.59. The Bertz CT molecular complexity index is 519. The fourth-order valence-electron chi connectivity index (χ4n) is 2.51. The topological polar surface area (TPSA) is 55.1 Å². The molecule has 0 bridgehead atoms. The van der Waals surface area contributed by atoms with Crippen molar-refractivity contribution in [2.45, 2.75) is 32.6 Å². The van der Waals surface area contributed by atoms with Gasteiger partial charge in [-0.3, -0.25) is 4.79 Å². The van der Waals surface area contributed by atoms with Crippen molar-refractivity contribution in [1.29, 1.82) is 0 Å². The minimum atomic E-state index is 0.140. The van der Waals surface area contributed by atoms with Crippen molar-refractivity contribution >= 4 is 11.6 Å². The van der Waals surface area contributed by atoms with Crippen LogP contribution in [0.5, 0.6) is 0 Å². The summed E-state index contributed by atoms with van der Waals surface area (Å²) in [6.07, 6.45) is 4.35. The molecule has 0 spiro atoms. The van der Waals surface area contributed by atoms with E-state index in [9.17, 15) is 4.79 Å². The number of nitrogens with one attached hydrogen (secondary N) is 1. The van der Waals surface area contributed by atoms with E-state index in [4.69, 9.17) is 5.73 Å². The Balaban J connectivity index is 2.10. The average molecular weight is 256 g/mol.